The highest BCUT2D eigenvalue weighted by Crippen LogP contribution is 2.26. The van der Waals surface area contributed by atoms with Gasteiger partial charge in [0.25, 0.3) is 0 Å². The topological polar surface area (TPSA) is 20.3 Å². The molecule has 0 saturated heterocycles. The van der Waals surface area contributed by atoms with Crippen molar-refractivity contribution in [2.45, 2.75) is 6.54 Å². The number of amides is 1. The number of hydrogen-bond donors (Lipinski definition) is 0. The first-order chi connectivity index (χ1) is 10.5. The van der Waals surface area contributed by atoms with E-state index in [-0.39, 0.29) is 5.91 Å². The molecule has 2 nitrogen and oxygen atoms in total. The van der Waals surface area contributed by atoms with E-state index in [2.05, 4.69) is 15.9 Å². The molecule has 2 aromatic carbocycles. The lowest BCUT2D eigenvalue weighted by molar-refractivity contribution is -0.125. The zero-order valence-electron chi connectivity index (χ0n) is 11.9. The first kappa shape index (κ1) is 17.1. The van der Waals surface area contributed by atoms with Crippen LogP contribution in [0.4, 0.5) is 0 Å². The highest BCUT2D eigenvalue weighted by molar-refractivity contribution is 9.10. The van der Waals surface area contributed by atoms with Gasteiger partial charge in [-0.3, -0.25) is 4.79 Å². The second-order valence-corrected chi connectivity index (χ2v) is 6.50. The average molecular weight is 399 g/mol. The Morgan fingerprint density at radius 3 is 2.68 bits per heavy atom. The standard InChI is InChI=1S/C17H14BrCl2NO/c1-21(11-13-5-3-7-15(19)17(13)20)16(22)9-8-12-4-2-6-14(18)10-12/h2-10H,11H2,1H3/b9-8+. The molecule has 0 unspecified atom stereocenters. The lowest BCUT2D eigenvalue weighted by atomic mass is 10.2. The van der Waals surface area contributed by atoms with E-state index in [0.29, 0.717) is 16.6 Å². The summed E-state index contributed by atoms with van der Waals surface area (Å²) in [5.74, 6) is -0.101. The monoisotopic (exact) mass is 397 g/mol. The molecule has 0 aromatic heterocycles. The molecule has 0 radical (unpaired) electrons. The average Bonchev–Trinajstić information content (AvgIpc) is 2.49. The van der Waals surface area contributed by atoms with E-state index in [9.17, 15) is 4.79 Å². The van der Waals surface area contributed by atoms with E-state index in [4.69, 9.17) is 23.2 Å². The third-order valence-electron chi connectivity index (χ3n) is 3.08. The predicted octanol–water partition coefficient (Wildman–Crippen LogP) is 5.43. The summed E-state index contributed by atoms with van der Waals surface area (Å²) < 4.78 is 0.973. The van der Waals surface area contributed by atoms with Crippen LogP contribution >= 0.6 is 39.1 Å². The van der Waals surface area contributed by atoms with Crippen LogP contribution in [0, 0.1) is 0 Å². The Bertz CT molecular complexity index is 716. The maximum absolute atomic E-state index is 12.2. The minimum Gasteiger partial charge on any atom is -0.338 e. The van der Waals surface area contributed by atoms with Gasteiger partial charge in [-0.2, -0.15) is 0 Å². The van der Waals surface area contributed by atoms with E-state index in [1.165, 1.54) is 0 Å². The number of carbonyl (C=O) groups excluding carboxylic acids is 1. The molecule has 1 amide bonds. The van der Waals surface area contributed by atoms with Crippen molar-refractivity contribution in [3.8, 4) is 0 Å². The maximum atomic E-state index is 12.2. The summed E-state index contributed by atoms with van der Waals surface area (Å²) in [6.07, 6.45) is 3.32. The maximum Gasteiger partial charge on any atom is 0.246 e. The van der Waals surface area contributed by atoms with Crippen LogP contribution in [0.5, 0.6) is 0 Å². The minimum absolute atomic E-state index is 0.101. The van der Waals surface area contributed by atoms with Crippen LogP contribution in [0.25, 0.3) is 6.08 Å². The quantitative estimate of drug-likeness (QED) is 0.629. The number of rotatable bonds is 4. The first-order valence-corrected chi connectivity index (χ1v) is 8.14. The van der Waals surface area contributed by atoms with Crippen LogP contribution < -0.4 is 0 Å². The fraction of sp³-hybridized carbons (Fsp3) is 0.118. The van der Waals surface area contributed by atoms with E-state index in [1.807, 2.05) is 36.4 Å². The van der Waals surface area contributed by atoms with Crippen molar-refractivity contribution in [2.24, 2.45) is 0 Å². The Kier molecular flexibility index (Phi) is 6.07. The molecule has 0 aliphatic rings. The van der Waals surface area contributed by atoms with Crippen LogP contribution in [0.15, 0.2) is 53.0 Å². The van der Waals surface area contributed by atoms with Gasteiger partial charge in [-0.05, 0) is 35.4 Å². The molecule has 0 spiro atoms. The summed E-state index contributed by atoms with van der Waals surface area (Å²) in [5.41, 5.74) is 1.78. The molecule has 0 N–H and O–H groups in total. The summed E-state index contributed by atoms with van der Waals surface area (Å²) in [6, 6.07) is 13.1. The molecule has 0 saturated carbocycles. The second kappa shape index (κ2) is 7.82. The summed E-state index contributed by atoms with van der Waals surface area (Å²) in [6.45, 7) is 0.404. The van der Waals surface area contributed by atoms with Gasteiger partial charge in [0.15, 0.2) is 0 Å². The Morgan fingerprint density at radius 1 is 1.23 bits per heavy atom. The van der Waals surface area contributed by atoms with Gasteiger partial charge in [-0.15, -0.1) is 0 Å². The predicted molar refractivity (Wildman–Crippen MR) is 96.1 cm³/mol. The zero-order valence-corrected chi connectivity index (χ0v) is 15.0. The Hall–Kier alpha value is -1.29. The molecule has 0 aliphatic heterocycles. The normalized spacial score (nSPS) is 10.9. The third-order valence-corrected chi connectivity index (χ3v) is 4.43. The van der Waals surface area contributed by atoms with E-state index in [1.54, 1.807) is 30.2 Å². The molecule has 2 rings (SSSR count). The van der Waals surface area contributed by atoms with Crippen molar-refractivity contribution in [1.82, 2.24) is 4.90 Å². The van der Waals surface area contributed by atoms with Crippen LogP contribution in [-0.2, 0) is 11.3 Å². The van der Waals surface area contributed by atoms with Crippen molar-refractivity contribution in [3.05, 3.63) is 74.2 Å². The molecule has 0 aliphatic carbocycles. The number of halogens is 3. The molecule has 2 aromatic rings. The van der Waals surface area contributed by atoms with Gasteiger partial charge in [0.1, 0.15) is 0 Å². The summed E-state index contributed by atoms with van der Waals surface area (Å²) in [7, 11) is 1.73. The van der Waals surface area contributed by atoms with Crippen molar-refractivity contribution in [1.29, 1.82) is 0 Å². The Morgan fingerprint density at radius 2 is 1.95 bits per heavy atom. The molecule has 0 heterocycles. The zero-order chi connectivity index (χ0) is 16.1. The van der Waals surface area contributed by atoms with E-state index >= 15 is 0 Å². The molecular weight excluding hydrogens is 385 g/mol. The number of nitrogens with zero attached hydrogens (tertiary/aromatic N) is 1. The van der Waals surface area contributed by atoms with Gasteiger partial charge in [0.05, 0.1) is 10.0 Å². The van der Waals surface area contributed by atoms with Gasteiger partial charge < -0.3 is 4.90 Å². The number of carbonyl (C=O) groups is 1. The molecular formula is C17H14BrCl2NO. The van der Waals surface area contributed by atoms with E-state index < -0.39 is 0 Å². The fourth-order valence-corrected chi connectivity index (χ4v) is 2.71. The lowest BCUT2D eigenvalue weighted by Gasteiger charge is -2.16. The molecule has 0 fully saturated rings. The van der Waals surface area contributed by atoms with Crippen molar-refractivity contribution < 1.29 is 4.79 Å². The first-order valence-electron chi connectivity index (χ1n) is 6.59. The number of benzene rings is 2. The molecule has 114 valence electrons. The summed E-state index contributed by atoms with van der Waals surface area (Å²) in [5, 5.41) is 0.976. The lowest BCUT2D eigenvalue weighted by Crippen LogP contribution is -2.24. The molecule has 22 heavy (non-hydrogen) atoms. The number of likely N-dealkylation sites (N-methyl/N-ethyl adjacent to an activating group) is 1. The van der Waals surface area contributed by atoms with Gasteiger partial charge in [0.2, 0.25) is 5.91 Å². The Balaban J connectivity index is 2.05. The van der Waals surface area contributed by atoms with Gasteiger partial charge in [-0.1, -0.05) is 63.4 Å². The van der Waals surface area contributed by atoms with Crippen LogP contribution in [0.3, 0.4) is 0 Å². The van der Waals surface area contributed by atoms with Gasteiger partial charge in [0, 0.05) is 24.1 Å². The largest absolute Gasteiger partial charge is 0.338 e. The second-order valence-electron chi connectivity index (χ2n) is 4.80. The summed E-state index contributed by atoms with van der Waals surface area (Å²) >= 11 is 15.5. The smallest absolute Gasteiger partial charge is 0.246 e. The Labute approximate surface area is 148 Å². The molecule has 0 bridgehead atoms. The minimum atomic E-state index is -0.101. The van der Waals surface area contributed by atoms with Crippen molar-refractivity contribution in [2.75, 3.05) is 7.05 Å². The summed E-state index contributed by atoms with van der Waals surface area (Å²) in [4.78, 5) is 13.7. The van der Waals surface area contributed by atoms with Crippen molar-refractivity contribution >= 4 is 51.1 Å². The molecule has 5 heteroatoms. The van der Waals surface area contributed by atoms with E-state index in [0.717, 1.165) is 15.6 Å². The van der Waals surface area contributed by atoms with Crippen molar-refractivity contribution in [3.63, 3.8) is 0 Å². The number of hydrogen-bond acceptors (Lipinski definition) is 1. The van der Waals surface area contributed by atoms with Crippen LogP contribution in [0.1, 0.15) is 11.1 Å². The molecule has 0 atom stereocenters. The third kappa shape index (κ3) is 4.60. The van der Waals surface area contributed by atoms with Gasteiger partial charge in [-0.25, -0.2) is 0 Å². The van der Waals surface area contributed by atoms with Crippen LogP contribution in [0.2, 0.25) is 10.0 Å². The highest BCUT2D eigenvalue weighted by Gasteiger charge is 2.10. The van der Waals surface area contributed by atoms with Gasteiger partial charge >= 0.3 is 0 Å². The SMILES string of the molecule is CN(Cc1cccc(Cl)c1Cl)C(=O)/C=C/c1cccc(Br)c1. The highest BCUT2D eigenvalue weighted by atomic mass is 79.9. The fourth-order valence-electron chi connectivity index (χ4n) is 1.91. The van der Waals surface area contributed by atoms with Crippen LogP contribution in [-0.4, -0.2) is 17.9 Å².